The molecular formula is C11H23NO4. The van der Waals surface area contributed by atoms with Crippen LogP contribution in [0.5, 0.6) is 0 Å². The number of carboxylic acids is 1. The molecule has 96 valence electrons. The molecule has 5 nitrogen and oxygen atoms in total. The number of hydrogen-bond acceptors (Lipinski definition) is 4. The van der Waals surface area contributed by atoms with E-state index in [9.17, 15) is 4.79 Å². The SMILES string of the molecule is COCCC(C)(C)CNC(COC)C(=O)O. The number of hydrogen-bond donors (Lipinski definition) is 2. The van der Waals surface area contributed by atoms with Crippen molar-refractivity contribution in [2.75, 3.05) is 34.0 Å². The molecule has 0 aliphatic carbocycles. The van der Waals surface area contributed by atoms with Crippen LogP contribution in [0.4, 0.5) is 0 Å². The molecule has 0 aliphatic rings. The first-order chi connectivity index (χ1) is 7.43. The second kappa shape index (κ2) is 7.60. The second-order valence-corrected chi connectivity index (χ2v) is 4.63. The van der Waals surface area contributed by atoms with Gasteiger partial charge in [-0.25, -0.2) is 0 Å². The summed E-state index contributed by atoms with van der Waals surface area (Å²) in [4.78, 5) is 10.9. The molecule has 0 fully saturated rings. The summed E-state index contributed by atoms with van der Waals surface area (Å²) in [7, 11) is 3.15. The van der Waals surface area contributed by atoms with Gasteiger partial charge in [0.2, 0.25) is 0 Å². The van der Waals surface area contributed by atoms with Gasteiger partial charge in [-0.15, -0.1) is 0 Å². The molecule has 0 rings (SSSR count). The zero-order valence-corrected chi connectivity index (χ0v) is 10.6. The third-order valence-corrected chi connectivity index (χ3v) is 2.44. The van der Waals surface area contributed by atoms with Crippen molar-refractivity contribution in [2.45, 2.75) is 26.3 Å². The Morgan fingerprint density at radius 1 is 1.38 bits per heavy atom. The zero-order chi connectivity index (χ0) is 12.6. The van der Waals surface area contributed by atoms with Crippen LogP contribution < -0.4 is 5.32 Å². The largest absolute Gasteiger partial charge is 0.480 e. The average molecular weight is 233 g/mol. The van der Waals surface area contributed by atoms with Gasteiger partial charge in [0.25, 0.3) is 0 Å². The fourth-order valence-electron chi connectivity index (χ4n) is 1.25. The maximum atomic E-state index is 10.9. The minimum atomic E-state index is -0.885. The van der Waals surface area contributed by atoms with Crippen molar-refractivity contribution in [3.63, 3.8) is 0 Å². The van der Waals surface area contributed by atoms with Gasteiger partial charge in [0.05, 0.1) is 6.61 Å². The summed E-state index contributed by atoms with van der Waals surface area (Å²) in [6.07, 6.45) is 0.885. The number of ether oxygens (including phenoxy) is 2. The smallest absolute Gasteiger partial charge is 0.323 e. The Hall–Kier alpha value is -0.650. The van der Waals surface area contributed by atoms with Crippen LogP contribution in [0.25, 0.3) is 0 Å². The summed E-state index contributed by atoms with van der Waals surface area (Å²) in [6.45, 7) is 5.62. The number of carboxylic acid groups (broad SMARTS) is 1. The lowest BCUT2D eigenvalue weighted by Gasteiger charge is -2.26. The van der Waals surface area contributed by atoms with Crippen molar-refractivity contribution in [2.24, 2.45) is 5.41 Å². The first-order valence-corrected chi connectivity index (χ1v) is 5.37. The van der Waals surface area contributed by atoms with Gasteiger partial charge >= 0.3 is 5.97 Å². The monoisotopic (exact) mass is 233 g/mol. The van der Waals surface area contributed by atoms with Crippen LogP contribution in [0.2, 0.25) is 0 Å². The molecule has 0 aromatic heterocycles. The molecule has 0 aromatic carbocycles. The Morgan fingerprint density at radius 3 is 2.44 bits per heavy atom. The maximum Gasteiger partial charge on any atom is 0.323 e. The topological polar surface area (TPSA) is 67.8 Å². The van der Waals surface area contributed by atoms with Gasteiger partial charge in [-0.2, -0.15) is 0 Å². The summed E-state index contributed by atoms with van der Waals surface area (Å²) >= 11 is 0. The Morgan fingerprint density at radius 2 is 2.00 bits per heavy atom. The Kier molecular flexibility index (Phi) is 7.29. The van der Waals surface area contributed by atoms with Crippen LogP contribution in [-0.2, 0) is 14.3 Å². The molecule has 0 heterocycles. The van der Waals surface area contributed by atoms with E-state index in [1.165, 1.54) is 7.11 Å². The number of rotatable bonds is 9. The number of carbonyl (C=O) groups is 1. The molecule has 1 unspecified atom stereocenters. The van der Waals surface area contributed by atoms with E-state index in [0.717, 1.165) is 6.42 Å². The summed E-state index contributed by atoms with van der Waals surface area (Å²) in [6, 6.07) is -0.646. The first-order valence-electron chi connectivity index (χ1n) is 5.37. The lowest BCUT2D eigenvalue weighted by molar-refractivity contribution is -0.141. The molecule has 0 saturated heterocycles. The van der Waals surface area contributed by atoms with Crippen molar-refractivity contribution in [3.05, 3.63) is 0 Å². The second-order valence-electron chi connectivity index (χ2n) is 4.63. The predicted molar refractivity (Wildman–Crippen MR) is 61.6 cm³/mol. The number of methoxy groups -OCH3 is 2. The van der Waals surface area contributed by atoms with Crippen molar-refractivity contribution >= 4 is 5.97 Å². The fourth-order valence-corrected chi connectivity index (χ4v) is 1.25. The number of nitrogens with one attached hydrogen (secondary N) is 1. The average Bonchev–Trinajstić information content (AvgIpc) is 2.21. The number of aliphatic carboxylic acids is 1. The summed E-state index contributed by atoms with van der Waals surface area (Å²) in [5.41, 5.74) is 0.0114. The molecule has 0 amide bonds. The highest BCUT2D eigenvalue weighted by Crippen LogP contribution is 2.18. The van der Waals surface area contributed by atoms with Crippen LogP contribution in [0.1, 0.15) is 20.3 Å². The fraction of sp³-hybridized carbons (Fsp3) is 0.909. The maximum absolute atomic E-state index is 10.9. The molecule has 0 aliphatic heterocycles. The quantitative estimate of drug-likeness (QED) is 0.615. The minimum Gasteiger partial charge on any atom is -0.480 e. The van der Waals surface area contributed by atoms with Gasteiger partial charge in [-0.3, -0.25) is 4.79 Å². The molecule has 2 N–H and O–H groups in total. The van der Waals surface area contributed by atoms with Gasteiger partial charge in [-0.05, 0) is 11.8 Å². The highest BCUT2D eigenvalue weighted by atomic mass is 16.5. The first kappa shape index (κ1) is 15.3. The van der Waals surface area contributed by atoms with E-state index in [0.29, 0.717) is 13.2 Å². The molecule has 0 saturated carbocycles. The van der Waals surface area contributed by atoms with Gasteiger partial charge in [0.1, 0.15) is 6.04 Å². The van der Waals surface area contributed by atoms with Crippen LogP contribution >= 0.6 is 0 Å². The third-order valence-electron chi connectivity index (χ3n) is 2.44. The van der Waals surface area contributed by atoms with Crippen molar-refractivity contribution in [1.82, 2.24) is 5.32 Å². The molecular weight excluding hydrogens is 210 g/mol. The molecule has 0 aromatic rings. The molecule has 16 heavy (non-hydrogen) atoms. The van der Waals surface area contributed by atoms with E-state index in [-0.39, 0.29) is 12.0 Å². The Balaban J connectivity index is 4.02. The van der Waals surface area contributed by atoms with E-state index in [1.54, 1.807) is 7.11 Å². The van der Waals surface area contributed by atoms with Crippen molar-refractivity contribution < 1.29 is 19.4 Å². The van der Waals surface area contributed by atoms with Gasteiger partial charge in [0.15, 0.2) is 0 Å². The molecule has 0 bridgehead atoms. The normalized spacial score (nSPS) is 13.8. The Bertz CT molecular complexity index is 206. The van der Waals surface area contributed by atoms with Gasteiger partial charge < -0.3 is 19.9 Å². The lowest BCUT2D eigenvalue weighted by Crippen LogP contribution is -2.44. The van der Waals surface area contributed by atoms with Crippen molar-refractivity contribution in [1.29, 1.82) is 0 Å². The van der Waals surface area contributed by atoms with Crippen LogP contribution in [0.3, 0.4) is 0 Å². The zero-order valence-electron chi connectivity index (χ0n) is 10.6. The summed E-state index contributed by atoms with van der Waals surface area (Å²) < 4.78 is 9.85. The van der Waals surface area contributed by atoms with Crippen molar-refractivity contribution in [3.8, 4) is 0 Å². The third kappa shape index (κ3) is 6.76. The summed E-state index contributed by atoms with van der Waals surface area (Å²) in [5, 5.41) is 11.9. The van der Waals surface area contributed by atoms with Gasteiger partial charge in [0, 0.05) is 27.4 Å². The lowest BCUT2D eigenvalue weighted by atomic mass is 9.89. The Labute approximate surface area is 97.1 Å². The van der Waals surface area contributed by atoms with E-state index in [2.05, 4.69) is 19.2 Å². The molecule has 5 heteroatoms. The van der Waals surface area contributed by atoms with Crippen LogP contribution in [-0.4, -0.2) is 51.1 Å². The van der Waals surface area contributed by atoms with E-state index in [1.807, 2.05) is 0 Å². The summed E-state index contributed by atoms with van der Waals surface area (Å²) in [5.74, 6) is -0.885. The molecule has 0 spiro atoms. The van der Waals surface area contributed by atoms with Crippen LogP contribution in [0.15, 0.2) is 0 Å². The highest BCUT2D eigenvalue weighted by molar-refractivity contribution is 5.73. The van der Waals surface area contributed by atoms with E-state index < -0.39 is 12.0 Å². The van der Waals surface area contributed by atoms with E-state index in [4.69, 9.17) is 14.6 Å². The molecule has 0 radical (unpaired) electrons. The highest BCUT2D eigenvalue weighted by Gasteiger charge is 2.22. The standard InChI is InChI=1S/C11H23NO4/c1-11(2,5-6-15-3)8-12-9(7-16-4)10(13)14/h9,12H,5-8H2,1-4H3,(H,13,14). The minimum absolute atomic E-state index is 0.0114. The predicted octanol–water partition coefficient (Wildman–Crippen LogP) is 0.738. The van der Waals surface area contributed by atoms with Gasteiger partial charge in [-0.1, -0.05) is 13.8 Å². The molecule has 1 atom stereocenters. The van der Waals surface area contributed by atoms with E-state index >= 15 is 0 Å². The van der Waals surface area contributed by atoms with Crippen LogP contribution in [0, 0.1) is 5.41 Å².